The first-order valence-corrected chi connectivity index (χ1v) is 15.4. The molecule has 2 nitrogen and oxygen atoms in total. The fourth-order valence-corrected chi connectivity index (χ4v) is 8.46. The zero-order valence-corrected chi connectivity index (χ0v) is 22.9. The second-order valence-electron chi connectivity index (χ2n) is 12.6. The summed E-state index contributed by atoms with van der Waals surface area (Å²) < 4.78 is 40.6. The molecule has 0 radical (unpaired) electrons. The Labute approximate surface area is 223 Å². The molecule has 1 heterocycles. The molecule has 37 heavy (non-hydrogen) atoms. The summed E-state index contributed by atoms with van der Waals surface area (Å²) in [6.07, 6.45) is 20.4. The summed E-state index contributed by atoms with van der Waals surface area (Å²) in [6, 6.07) is 3.37. The lowest BCUT2D eigenvalue weighted by molar-refractivity contribution is -0.0521. The fourth-order valence-electron chi connectivity index (χ4n) is 8.46. The van der Waals surface area contributed by atoms with Crippen molar-refractivity contribution < 1.29 is 18.3 Å². The first-order valence-electron chi connectivity index (χ1n) is 15.4. The number of rotatable bonds is 7. The first kappa shape index (κ1) is 27.2. The molecule has 2 unspecified atom stereocenters. The van der Waals surface area contributed by atoms with Crippen molar-refractivity contribution in [2.75, 3.05) is 13.2 Å². The Morgan fingerprint density at radius 3 is 1.78 bits per heavy atom. The van der Waals surface area contributed by atoms with Gasteiger partial charge < -0.3 is 9.47 Å². The number of hydrogen-bond donors (Lipinski definition) is 0. The van der Waals surface area contributed by atoms with E-state index in [4.69, 9.17) is 9.47 Å². The largest absolute Gasteiger partial charge is 0.491 e. The first-order chi connectivity index (χ1) is 18.1. The van der Waals surface area contributed by atoms with Crippen molar-refractivity contribution in [1.29, 1.82) is 0 Å². The van der Waals surface area contributed by atoms with E-state index in [-0.39, 0.29) is 11.7 Å². The van der Waals surface area contributed by atoms with Gasteiger partial charge >= 0.3 is 0 Å². The molecule has 4 fully saturated rings. The smallest absolute Gasteiger partial charge is 0.200 e. The van der Waals surface area contributed by atoms with Crippen LogP contribution in [0.5, 0.6) is 5.75 Å². The van der Waals surface area contributed by atoms with Gasteiger partial charge in [0, 0.05) is 5.92 Å². The molecular formula is C33H48F2O2. The van der Waals surface area contributed by atoms with E-state index in [9.17, 15) is 8.78 Å². The highest BCUT2D eigenvalue weighted by atomic mass is 19.2. The maximum atomic E-state index is 14.7. The molecule has 4 aliphatic rings. The summed E-state index contributed by atoms with van der Waals surface area (Å²) in [6.45, 7) is 6.95. The van der Waals surface area contributed by atoms with Crippen LogP contribution in [0.2, 0.25) is 0 Å². The van der Waals surface area contributed by atoms with Crippen LogP contribution in [0, 0.1) is 47.1 Å². The van der Waals surface area contributed by atoms with E-state index in [0.717, 1.165) is 61.9 Å². The molecule has 1 aromatic carbocycles. The van der Waals surface area contributed by atoms with Crippen LogP contribution in [-0.2, 0) is 4.74 Å². The molecule has 2 atom stereocenters. The highest BCUT2D eigenvalue weighted by Gasteiger charge is 2.37. The summed E-state index contributed by atoms with van der Waals surface area (Å²) in [4.78, 5) is 0. The van der Waals surface area contributed by atoms with Gasteiger partial charge in [0.05, 0.1) is 19.3 Å². The zero-order chi connectivity index (χ0) is 25.8. The number of ether oxygens (including phenoxy) is 2. The molecule has 1 aliphatic heterocycles. The summed E-state index contributed by atoms with van der Waals surface area (Å²) >= 11 is 0. The average molecular weight is 515 g/mol. The van der Waals surface area contributed by atoms with Crippen LogP contribution in [0.4, 0.5) is 8.78 Å². The van der Waals surface area contributed by atoms with Crippen molar-refractivity contribution in [1.82, 2.24) is 0 Å². The van der Waals surface area contributed by atoms with Crippen LogP contribution in [0.3, 0.4) is 0 Å². The number of halogens is 2. The molecule has 1 aromatic rings. The van der Waals surface area contributed by atoms with Gasteiger partial charge in [0.25, 0.3) is 0 Å². The average Bonchev–Trinajstić information content (AvgIpc) is 2.96. The normalized spacial score (nSPS) is 37.2. The Hall–Kier alpha value is -1.42. The second kappa shape index (κ2) is 12.6. The van der Waals surface area contributed by atoms with E-state index >= 15 is 0 Å². The monoisotopic (exact) mass is 514 g/mol. The van der Waals surface area contributed by atoms with E-state index in [2.05, 4.69) is 12.7 Å². The minimum absolute atomic E-state index is 0.0339. The van der Waals surface area contributed by atoms with Crippen LogP contribution in [0.15, 0.2) is 24.8 Å². The van der Waals surface area contributed by atoms with Gasteiger partial charge in [0.15, 0.2) is 11.6 Å². The molecule has 3 saturated carbocycles. The van der Waals surface area contributed by atoms with Crippen molar-refractivity contribution in [3.63, 3.8) is 0 Å². The lowest BCUT2D eigenvalue weighted by Crippen LogP contribution is -2.35. The van der Waals surface area contributed by atoms with E-state index in [0.29, 0.717) is 24.2 Å². The van der Waals surface area contributed by atoms with Crippen molar-refractivity contribution in [2.24, 2.45) is 35.5 Å². The summed E-state index contributed by atoms with van der Waals surface area (Å²) in [7, 11) is 0. The molecule has 0 N–H and O–H groups in total. The van der Waals surface area contributed by atoms with Crippen LogP contribution in [-0.4, -0.2) is 19.3 Å². The SMILES string of the molecule is C=CC1CCC(C2CCC(C3CCC(C4CCC(c5ccc(OCC)c(F)c5F)CC4)CC3)CC2)OC1. The lowest BCUT2D eigenvalue weighted by Gasteiger charge is -2.43. The topological polar surface area (TPSA) is 18.5 Å². The maximum absolute atomic E-state index is 14.7. The molecule has 0 amide bonds. The predicted molar refractivity (Wildman–Crippen MR) is 146 cm³/mol. The summed E-state index contributed by atoms with van der Waals surface area (Å²) in [5, 5.41) is 0. The Balaban J connectivity index is 1.04. The maximum Gasteiger partial charge on any atom is 0.200 e. The summed E-state index contributed by atoms with van der Waals surface area (Å²) in [5.41, 5.74) is 0.554. The van der Waals surface area contributed by atoms with Crippen molar-refractivity contribution >= 4 is 0 Å². The molecule has 4 heteroatoms. The van der Waals surface area contributed by atoms with Crippen molar-refractivity contribution in [3.8, 4) is 5.75 Å². The Morgan fingerprint density at radius 1 is 0.757 bits per heavy atom. The van der Waals surface area contributed by atoms with Gasteiger partial charge in [0.1, 0.15) is 0 Å². The zero-order valence-electron chi connectivity index (χ0n) is 22.9. The minimum Gasteiger partial charge on any atom is -0.491 e. The Kier molecular flexibility index (Phi) is 9.27. The molecule has 0 aromatic heterocycles. The number of hydrogen-bond acceptors (Lipinski definition) is 2. The van der Waals surface area contributed by atoms with E-state index < -0.39 is 11.6 Å². The summed E-state index contributed by atoms with van der Waals surface area (Å²) in [5.74, 6) is 3.46. The molecule has 1 saturated heterocycles. The van der Waals surface area contributed by atoms with Gasteiger partial charge in [-0.15, -0.1) is 6.58 Å². The van der Waals surface area contributed by atoms with Crippen LogP contribution in [0.25, 0.3) is 0 Å². The lowest BCUT2D eigenvalue weighted by atomic mass is 9.64. The minimum atomic E-state index is -0.818. The van der Waals surface area contributed by atoms with Crippen LogP contribution < -0.4 is 4.74 Å². The van der Waals surface area contributed by atoms with E-state index in [1.54, 1.807) is 19.1 Å². The van der Waals surface area contributed by atoms with Crippen LogP contribution >= 0.6 is 0 Å². The third-order valence-electron chi connectivity index (χ3n) is 10.8. The second-order valence-corrected chi connectivity index (χ2v) is 12.6. The molecule has 0 bridgehead atoms. The molecule has 206 valence electrons. The van der Waals surface area contributed by atoms with Crippen LogP contribution in [0.1, 0.15) is 108 Å². The molecular weight excluding hydrogens is 466 g/mol. The Bertz CT molecular complexity index is 869. The highest BCUT2D eigenvalue weighted by molar-refractivity contribution is 5.33. The Morgan fingerprint density at radius 2 is 1.30 bits per heavy atom. The van der Waals surface area contributed by atoms with Gasteiger partial charge in [-0.25, -0.2) is 4.39 Å². The highest BCUT2D eigenvalue weighted by Crippen LogP contribution is 2.48. The van der Waals surface area contributed by atoms with Gasteiger partial charge in [-0.2, -0.15) is 4.39 Å². The van der Waals surface area contributed by atoms with E-state index in [1.165, 1.54) is 64.2 Å². The molecule has 3 aliphatic carbocycles. The van der Waals surface area contributed by atoms with Gasteiger partial charge in [-0.3, -0.25) is 0 Å². The van der Waals surface area contributed by atoms with Crippen molar-refractivity contribution in [3.05, 3.63) is 42.0 Å². The van der Waals surface area contributed by atoms with E-state index in [1.807, 2.05) is 0 Å². The predicted octanol–water partition coefficient (Wildman–Crippen LogP) is 9.23. The standard InChI is InChI=1S/C33H48F2O2/c1-3-22-5-19-30(37-21-22)28-16-12-26(13-17-28)24-8-6-23(7-9-24)25-10-14-27(15-11-25)29-18-20-31(36-4-2)33(35)32(29)34/h3,18,20,22-28,30H,1,4-17,19,21H2,2H3. The molecule has 5 rings (SSSR count). The fraction of sp³-hybridized carbons (Fsp3) is 0.758. The third kappa shape index (κ3) is 6.26. The third-order valence-corrected chi connectivity index (χ3v) is 10.8. The number of benzene rings is 1. The van der Waals surface area contributed by atoms with Gasteiger partial charge in [-0.05, 0) is 144 Å². The van der Waals surface area contributed by atoms with Crippen molar-refractivity contribution in [2.45, 2.75) is 109 Å². The quantitative estimate of drug-likeness (QED) is 0.338. The molecule has 0 spiro atoms. The van der Waals surface area contributed by atoms with Gasteiger partial charge in [0.2, 0.25) is 5.82 Å². The van der Waals surface area contributed by atoms with Gasteiger partial charge in [-0.1, -0.05) is 12.1 Å².